The van der Waals surface area contributed by atoms with Crippen LogP contribution in [-0.2, 0) is 9.59 Å². The van der Waals surface area contributed by atoms with Crippen molar-refractivity contribution in [2.24, 2.45) is 5.92 Å². The fourth-order valence-electron chi connectivity index (χ4n) is 4.31. The topological polar surface area (TPSA) is 70.2 Å². The summed E-state index contributed by atoms with van der Waals surface area (Å²) < 4.78 is 73.7. The number of rotatable bonds is 24. The van der Waals surface area contributed by atoms with Crippen LogP contribution in [0.25, 0.3) is 0 Å². The van der Waals surface area contributed by atoms with E-state index in [4.69, 9.17) is 0 Å². The molecule has 38 heavy (non-hydrogen) atoms. The van der Waals surface area contributed by atoms with Crippen LogP contribution in [0, 0.1) is 5.92 Å². The molecule has 0 rings (SSSR count). The van der Waals surface area contributed by atoms with Crippen LogP contribution in [0.1, 0.15) is 116 Å². The predicted octanol–water partition coefficient (Wildman–Crippen LogP) is 7.20. The molecule has 0 saturated heterocycles. The van der Waals surface area contributed by atoms with Gasteiger partial charge >= 0.3 is 24.2 Å². The Kier molecular flexibility index (Phi) is 21.4. The van der Waals surface area contributed by atoms with E-state index in [2.05, 4.69) is 12.2 Å². The molecule has 0 aromatic carbocycles. The minimum atomic E-state index is -4.91. The first kappa shape index (κ1) is 36.5. The molecule has 11 heteroatoms. The Morgan fingerprint density at radius 3 is 1.47 bits per heavy atom. The predicted molar refractivity (Wildman–Crippen MR) is 139 cm³/mol. The van der Waals surface area contributed by atoms with Crippen molar-refractivity contribution in [1.29, 1.82) is 0 Å². The van der Waals surface area contributed by atoms with Crippen molar-refractivity contribution < 1.29 is 35.9 Å². The molecule has 0 aliphatic heterocycles. The molecule has 5 nitrogen and oxygen atoms in total. The van der Waals surface area contributed by atoms with E-state index in [0.717, 1.165) is 25.9 Å². The lowest BCUT2D eigenvalue weighted by molar-refractivity contribution is -0.173. The molecule has 0 radical (unpaired) electrons. The first-order valence-corrected chi connectivity index (χ1v) is 14.4. The summed E-state index contributed by atoms with van der Waals surface area (Å²) in [6.07, 6.45) is 7.63. The smallest absolute Gasteiger partial charge is 0.348 e. The van der Waals surface area contributed by atoms with Crippen LogP contribution in [-0.4, -0.2) is 50.3 Å². The van der Waals surface area contributed by atoms with E-state index in [0.29, 0.717) is 32.1 Å². The zero-order valence-corrected chi connectivity index (χ0v) is 23.0. The zero-order valence-electron chi connectivity index (χ0n) is 23.0. The van der Waals surface area contributed by atoms with Gasteiger partial charge in [-0.25, -0.2) is 0 Å². The standard InChI is InChI=1S/C27H49F6N3O2/c1-2-3-4-5-6-7-8-9-10-11-14-19-34-21-17-23(18-22-36-25(38)27(31,32)33)16-13-12-15-20-35-24(37)26(28,29)30/h23,34H,2-22H2,1H3,(H,35,37)(H,36,38). The molecule has 0 saturated carbocycles. The second kappa shape index (κ2) is 22.3. The van der Waals surface area contributed by atoms with Gasteiger partial charge in [-0.2, -0.15) is 26.3 Å². The van der Waals surface area contributed by atoms with Crippen LogP contribution in [0.15, 0.2) is 0 Å². The van der Waals surface area contributed by atoms with Gasteiger partial charge in [-0.05, 0) is 44.7 Å². The van der Waals surface area contributed by atoms with Crippen molar-refractivity contribution in [2.75, 3.05) is 26.2 Å². The minimum Gasteiger partial charge on any atom is -0.348 e. The molecule has 0 heterocycles. The molecule has 0 aromatic rings. The fourth-order valence-corrected chi connectivity index (χ4v) is 4.31. The van der Waals surface area contributed by atoms with E-state index in [1.807, 2.05) is 10.6 Å². The molecule has 0 fully saturated rings. The third-order valence-corrected chi connectivity index (χ3v) is 6.61. The highest BCUT2D eigenvalue weighted by atomic mass is 19.4. The number of hydrogen-bond acceptors (Lipinski definition) is 3. The number of nitrogens with one attached hydrogen (secondary N) is 3. The third kappa shape index (κ3) is 22.5. The Labute approximate surface area is 224 Å². The fraction of sp³-hybridized carbons (Fsp3) is 0.926. The first-order chi connectivity index (χ1) is 18.0. The van der Waals surface area contributed by atoms with Crippen LogP contribution in [0.5, 0.6) is 0 Å². The van der Waals surface area contributed by atoms with E-state index in [-0.39, 0.29) is 19.0 Å². The molecule has 0 aliphatic carbocycles. The summed E-state index contributed by atoms with van der Waals surface area (Å²) in [6.45, 7) is 3.67. The average Bonchev–Trinajstić information content (AvgIpc) is 2.84. The highest BCUT2D eigenvalue weighted by Gasteiger charge is 2.38. The Hall–Kier alpha value is -1.52. The van der Waals surface area contributed by atoms with Gasteiger partial charge in [0.05, 0.1) is 0 Å². The van der Waals surface area contributed by atoms with Crippen molar-refractivity contribution in [2.45, 2.75) is 128 Å². The molecule has 3 N–H and O–H groups in total. The van der Waals surface area contributed by atoms with E-state index in [9.17, 15) is 35.9 Å². The van der Waals surface area contributed by atoms with Crippen LogP contribution in [0.4, 0.5) is 26.3 Å². The summed E-state index contributed by atoms with van der Waals surface area (Å²) >= 11 is 0. The molecule has 1 atom stereocenters. The molecule has 0 bridgehead atoms. The van der Waals surface area contributed by atoms with Crippen LogP contribution in [0.2, 0.25) is 0 Å². The Morgan fingerprint density at radius 2 is 0.947 bits per heavy atom. The molecule has 226 valence electrons. The van der Waals surface area contributed by atoms with Crippen LogP contribution < -0.4 is 16.0 Å². The SMILES string of the molecule is CCCCCCCCCCCCCNCCC(CCCCCNC(=O)C(F)(F)F)CCNC(=O)C(F)(F)F. The van der Waals surface area contributed by atoms with E-state index in [1.54, 1.807) is 0 Å². The lowest BCUT2D eigenvalue weighted by Crippen LogP contribution is -2.37. The number of carbonyl (C=O) groups is 2. The van der Waals surface area contributed by atoms with Gasteiger partial charge in [0.2, 0.25) is 0 Å². The molecular weight excluding hydrogens is 512 g/mol. The lowest BCUT2D eigenvalue weighted by atomic mass is 9.94. The molecular formula is C27H49F6N3O2. The van der Waals surface area contributed by atoms with E-state index in [1.165, 1.54) is 64.2 Å². The maximum atomic E-state index is 12.4. The van der Waals surface area contributed by atoms with Crippen molar-refractivity contribution in [3.05, 3.63) is 0 Å². The molecule has 0 aliphatic rings. The number of unbranched alkanes of at least 4 members (excludes halogenated alkanes) is 12. The lowest BCUT2D eigenvalue weighted by Gasteiger charge is -2.18. The minimum absolute atomic E-state index is 0.0782. The van der Waals surface area contributed by atoms with Gasteiger partial charge < -0.3 is 16.0 Å². The number of carbonyl (C=O) groups excluding carboxylic acids is 2. The summed E-state index contributed by atoms with van der Waals surface area (Å²) in [5, 5.41) is 7.12. The highest BCUT2D eigenvalue weighted by molar-refractivity contribution is 5.81. The Bertz CT molecular complexity index is 600. The van der Waals surface area contributed by atoms with Gasteiger partial charge in [0.1, 0.15) is 0 Å². The maximum absolute atomic E-state index is 12.4. The number of hydrogen-bond donors (Lipinski definition) is 3. The van der Waals surface area contributed by atoms with Crippen molar-refractivity contribution in [3.63, 3.8) is 0 Å². The van der Waals surface area contributed by atoms with Crippen molar-refractivity contribution >= 4 is 11.8 Å². The summed E-state index contributed by atoms with van der Waals surface area (Å²) in [6, 6.07) is 0. The summed E-state index contributed by atoms with van der Waals surface area (Å²) in [7, 11) is 0. The Balaban J connectivity index is 4.04. The average molecular weight is 562 g/mol. The van der Waals surface area contributed by atoms with Gasteiger partial charge in [0, 0.05) is 13.1 Å². The Morgan fingerprint density at radius 1 is 0.526 bits per heavy atom. The molecule has 0 aromatic heterocycles. The van der Waals surface area contributed by atoms with E-state index >= 15 is 0 Å². The number of amides is 2. The van der Waals surface area contributed by atoms with Gasteiger partial charge in [-0.1, -0.05) is 90.4 Å². The van der Waals surface area contributed by atoms with Crippen molar-refractivity contribution in [1.82, 2.24) is 16.0 Å². The maximum Gasteiger partial charge on any atom is 0.471 e. The molecule has 2 amide bonds. The first-order valence-electron chi connectivity index (χ1n) is 14.4. The largest absolute Gasteiger partial charge is 0.471 e. The zero-order chi connectivity index (χ0) is 28.7. The second-order valence-corrected chi connectivity index (χ2v) is 10.1. The number of alkyl halides is 6. The van der Waals surface area contributed by atoms with Gasteiger partial charge in [-0.3, -0.25) is 9.59 Å². The summed E-state index contributed by atoms with van der Waals surface area (Å²) in [5.41, 5.74) is 0. The normalized spacial score (nSPS) is 12.9. The van der Waals surface area contributed by atoms with Crippen LogP contribution >= 0.6 is 0 Å². The summed E-state index contributed by atoms with van der Waals surface area (Å²) in [5.74, 6) is -3.83. The monoisotopic (exact) mass is 561 g/mol. The van der Waals surface area contributed by atoms with E-state index < -0.39 is 24.2 Å². The molecule has 0 spiro atoms. The van der Waals surface area contributed by atoms with Crippen molar-refractivity contribution in [3.8, 4) is 0 Å². The van der Waals surface area contributed by atoms with Crippen LogP contribution in [0.3, 0.4) is 0 Å². The quantitative estimate of drug-likeness (QED) is 0.0862. The summed E-state index contributed by atoms with van der Waals surface area (Å²) in [4.78, 5) is 21.8. The number of halogens is 6. The highest BCUT2D eigenvalue weighted by Crippen LogP contribution is 2.19. The third-order valence-electron chi connectivity index (χ3n) is 6.61. The van der Waals surface area contributed by atoms with Gasteiger partial charge in [0.25, 0.3) is 0 Å². The van der Waals surface area contributed by atoms with Gasteiger partial charge in [-0.15, -0.1) is 0 Å². The van der Waals surface area contributed by atoms with Gasteiger partial charge in [0.15, 0.2) is 0 Å². The second-order valence-electron chi connectivity index (χ2n) is 10.1. The molecule has 1 unspecified atom stereocenters.